The van der Waals surface area contributed by atoms with Crippen LogP contribution in [0.1, 0.15) is 24.1 Å². The number of nitrogens with one attached hydrogen (secondary N) is 2. The van der Waals surface area contributed by atoms with E-state index in [9.17, 15) is 9.59 Å². The molecule has 1 amide bonds. The number of hydrogen-bond donors (Lipinski definition) is 2. The van der Waals surface area contributed by atoms with E-state index in [1.165, 1.54) is 4.90 Å². The molecule has 7 heteroatoms. The number of rotatable bonds is 7. The molecule has 2 N–H and O–H groups in total. The van der Waals surface area contributed by atoms with E-state index in [0.29, 0.717) is 11.6 Å². The molecule has 2 aromatic rings. The van der Waals surface area contributed by atoms with E-state index in [1.807, 2.05) is 24.3 Å². The molecule has 0 spiro atoms. The van der Waals surface area contributed by atoms with E-state index in [1.54, 1.807) is 10.6 Å². The van der Waals surface area contributed by atoms with Crippen LogP contribution in [0.3, 0.4) is 0 Å². The molecule has 2 aliphatic rings. The van der Waals surface area contributed by atoms with Gasteiger partial charge in [0.15, 0.2) is 0 Å². The highest BCUT2D eigenvalue weighted by Crippen LogP contribution is 2.34. The van der Waals surface area contributed by atoms with Gasteiger partial charge in [0.2, 0.25) is 5.91 Å². The van der Waals surface area contributed by atoms with Crippen molar-refractivity contribution < 1.29 is 14.4 Å². The third kappa shape index (κ3) is 4.77. The lowest BCUT2D eigenvalue weighted by atomic mass is 9.99. The summed E-state index contributed by atoms with van der Waals surface area (Å²) in [4.78, 5) is 26.9. The number of benzene rings is 1. The van der Waals surface area contributed by atoms with Gasteiger partial charge in [0.25, 0.3) is 5.56 Å². The van der Waals surface area contributed by atoms with Gasteiger partial charge in [-0.25, -0.2) is 0 Å². The Morgan fingerprint density at radius 1 is 1.17 bits per heavy atom. The Hall–Kier alpha value is -2.15. The zero-order valence-electron chi connectivity index (χ0n) is 17.2. The predicted octanol–water partition coefficient (Wildman–Crippen LogP) is 1.08. The van der Waals surface area contributed by atoms with Crippen LogP contribution >= 0.6 is 11.6 Å². The minimum Gasteiger partial charge on any atom is -0.370 e. The average Bonchev–Trinajstić information content (AvgIpc) is 3.24. The summed E-state index contributed by atoms with van der Waals surface area (Å²) >= 11 is 6.38. The minimum absolute atomic E-state index is 0.0778. The molecule has 1 aromatic carbocycles. The van der Waals surface area contributed by atoms with Crippen LogP contribution in [0.5, 0.6) is 0 Å². The third-order valence-electron chi connectivity index (χ3n) is 6.07. The van der Waals surface area contributed by atoms with Gasteiger partial charge in [0, 0.05) is 35.3 Å². The number of carbonyl (C=O) groups is 1. The first-order chi connectivity index (χ1) is 14.6. The molecular weight excluding hydrogens is 402 g/mol. The Labute approximate surface area is 181 Å². The lowest BCUT2D eigenvalue weighted by molar-refractivity contribution is -0.908. The molecule has 1 aliphatic carbocycles. The molecule has 30 heavy (non-hydrogen) atoms. The number of aromatic nitrogens is 1. The quantitative estimate of drug-likeness (QED) is 0.646. The highest BCUT2D eigenvalue weighted by Gasteiger charge is 2.23. The summed E-state index contributed by atoms with van der Waals surface area (Å²) in [6.07, 6.45) is 3.64. The van der Waals surface area contributed by atoms with Gasteiger partial charge in [-0.05, 0) is 36.5 Å². The second kappa shape index (κ2) is 9.77. The van der Waals surface area contributed by atoms with Crippen molar-refractivity contribution in [2.45, 2.75) is 32.2 Å². The second-order valence-electron chi connectivity index (χ2n) is 8.06. The lowest BCUT2D eigenvalue weighted by Gasteiger charge is -2.23. The SMILES string of the molecule is O=C(Cn1c2c(c(-c3ccccc3Cl)cc1=O)CCC2)NCCC[NH+]1CCOCC1. The molecule has 1 aliphatic heterocycles. The van der Waals surface area contributed by atoms with E-state index in [4.69, 9.17) is 16.3 Å². The average molecular weight is 431 g/mol. The smallest absolute Gasteiger partial charge is 0.251 e. The van der Waals surface area contributed by atoms with Crippen LogP contribution in [0.15, 0.2) is 35.1 Å². The monoisotopic (exact) mass is 430 g/mol. The fourth-order valence-corrected chi connectivity index (χ4v) is 4.74. The van der Waals surface area contributed by atoms with Gasteiger partial charge >= 0.3 is 0 Å². The van der Waals surface area contributed by atoms with Crippen molar-refractivity contribution in [2.75, 3.05) is 39.4 Å². The summed E-state index contributed by atoms with van der Waals surface area (Å²) in [5.74, 6) is -0.103. The molecule has 0 radical (unpaired) electrons. The normalized spacial score (nSPS) is 16.4. The Kier molecular flexibility index (Phi) is 6.87. The van der Waals surface area contributed by atoms with Gasteiger partial charge in [-0.15, -0.1) is 0 Å². The Morgan fingerprint density at radius 3 is 2.77 bits per heavy atom. The van der Waals surface area contributed by atoms with Gasteiger partial charge in [0.1, 0.15) is 19.6 Å². The number of ether oxygens (including phenoxy) is 1. The zero-order chi connectivity index (χ0) is 20.9. The summed E-state index contributed by atoms with van der Waals surface area (Å²) in [5, 5.41) is 3.62. The molecule has 1 saturated heterocycles. The maximum Gasteiger partial charge on any atom is 0.251 e. The van der Waals surface area contributed by atoms with Crippen molar-refractivity contribution in [1.29, 1.82) is 0 Å². The van der Waals surface area contributed by atoms with Gasteiger partial charge < -0.3 is 19.5 Å². The number of hydrogen-bond acceptors (Lipinski definition) is 3. The van der Waals surface area contributed by atoms with Crippen LogP contribution in [-0.2, 0) is 28.9 Å². The van der Waals surface area contributed by atoms with Gasteiger partial charge in [0.05, 0.1) is 19.8 Å². The third-order valence-corrected chi connectivity index (χ3v) is 6.40. The van der Waals surface area contributed by atoms with Crippen molar-refractivity contribution in [1.82, 2.24) is 9.88 Å². The molecule has 4 rings (SSSR count). The molecule has 2 heterocycles. The maximum atomic E-state index is 12.9. The molecule has 0 atom stereocenters. The number of fused-ring (bicyclic) bond motifs is 1. The number of nitrogens with zero attached hydrogens (tertiary/aromatic N) is 1. The van der Waals surface area contributed by atoms with Crippen LogP contribution in [0.25, 0.3) is 11.1 Å². The van der Waals surface area contributed by atoms with Gasteiger partial charge in [-0.1, -0.05) is 29.8 Å². The van der Waals surface area contributed by atoms with Crippen LogP contribution in [-0.4, -0.2) is 49.9 Å². The van der Waals surface area contributed by atoms with E-state index in [-0.39, 0.29) is 18.0 Å². The first-order valence-electron chi connectivity index (χ1n) is 10.8. The zero-order valence-corrected chi connectivity index (χ0v) is 18.0. The predicted molar refractivity (Wildman–Crippen MR) is 117 cm³/mol. The fraction of sp³-hybridized carbons (Fsp3) is 0.478. The number of halogens is 1. The van der Waals surface area contributed by atoms with Crippen LogP contribution in [0, 0.1) is 0 Å². The van der Waals surface area contributed by atoms with Crippen LogP contribution in [0.2, 0.25) is 5.02 Å². The van der Waals surface area contributed by atoms with Crippen molar-refractivity contribution in [3.05, 3.63) is 57.0 Å². The molecule has 0 saturated carbocycles. The molecule has 160 valence electrons. The van der Waals surface area contributed by atoms with Crippen molar-refractivity contribution in [3.63, 3.8) is 0 Å². The molecular formula is C23H29ClN3O3+. The fourth-order valence-electron chi connectivity index (χ4n) is 4.51. The first kappa shape index (κ1) is 21.1. The maximum absolute atomic E-state index is 12.9. The molecule has 1 aromatic heterocycles. The van der Waals surface area contributed by atoms with E-state index >= 15 is 0 Å². The topological polar surface area (TPSA) is 64.8 Å². The number of quaternary nitrogens is 1. The Morgan fingerprint density at radius 2 is 1.97 bits per heavy atom. The van der Waals surface area contributed by atoms with Crippen LogP contribution in [0.4, 0.5) is 0 Å². The Bertz CT molecular complexity index is 967. The number of morpholine rings is 1. The molecule has 1 fully saturated rings. The number of amides is 1. The summed E-state index contributed by atoms with van der Waals surface area (Å²) in [5.41, 5.74) is 3.77. The van der Waals surface area contributed by atoms with E-state index < -0.39 is 0 Å². The number of carbonyl (C=O) groups excluding carboxylic acids is 1. The summed E-state index contributed by atoms with van der Waals surface area (Å²) < 4.78 is 7.02. The molecule has 6 nitrogen and oxygen atoms in total. The first-order valence-corrected chi connectivity index (χ1v) is 11.2. The minimum atomic E-state index is -0.140. The van der Waals surface area contributed by atoms with Crippen molar-refractivity contribution in [2.24, 2.45) is 0 Å². The van der Waals surface area contributed by atoms with Crippen molar-refractivity contribution in [3.8, 4) is 11.1 Å². The highest BCUT2D eigenvalue weighted by molar-refractivity contribution is 6.33. The Balaban J connectivity index is 1.42. The number of pyridine rings is 1. The second-order valence-corrected chi connectivity index (χ2v) is 8.46. The molecule has 0 bridgehead atoms. The summed E-state index contributed by atoms with van der Waals surface area (Å²) in [6, 6.07) is 9.25. The standard InChI is InChI=1S/C23H28ClN3O3/c24-20-7-2-1-5-17(20)19-15-23(29)27(21-8-3-6-18(19)21)16-22(28)25-9-4-10-26-11-13-30-14-12-26/h1-2,5,7,15H,3-4,6,8-14,16H2,(H,25,28)/p+1. The molecule has 0 unspecified atom stereocenters. The summed E-state index contributed by atoms with van der Waals surface area (Å²) in [6.45, 7) is 5.46. The summed E-state index contributed by atoms with van der Waals surface area (Å²) in [7, 11) is 0. The van der Waals surface area contributed by atoms with E-state index in [0.717, 1.165) is 80.9 Å². The highest BCUT2D eigenvalue weighted by atomic mass is 35.5. The van der Waals surface area contributed by atoms with E-state index in [2.05, 4.69) is 5.32 Å². The van der Waals surface area contributed by atoms with Gasteiger partial charge in [-0.3, -0.25) is 9.59 Å². The lowest BCUT2D eigenvalue weighted by Crippen LogP contribution is -3.14. The largest absolute Gasteiger partial charge is 0.370 e. The van der Waals surface area contributed by atoms with Crippen LogP contribution < -0.4 is 15.8 Å². The van der Waals surface area contributed by atoms with Gasteiger partial charge in [-0.2, -0.15) is 0 Å². The van der Waals surface area contributed by atoms with Crippen molar-refractivity contribution >= 4 is 17.5 Å².